The van der Waals surface area contributed by atoms with Crippen molar-refractivity contribution in [3.63, 3.8) is 0 Å². The number of fused-ring (bicyclic) bond motifs is 1. The molecule has 0 aliphatic carbocycles. The third kappa shape index (κ3) is 1.97. The van der Waals surface area contributed by atoms with Crippen LogP contribution in [0.25, 0.3) is 0 Å². The Kier molecular flexibility index (Phi) is 3.10. The molecule has 0 saturated heterocycles. The molecule has 1 heterocycles. The Balaban J connectivity index is 2.33. The lowest BCUT2D eigenvalue weighted by Crippen LogP contribution is -2.34. The number of ether oxygens (including phenoxy) is 3. The molecule has 0 radical (unpaired) electrons. The fourth-order valence-electron chi connectivity index (χ4n) is 1.73. The molecular formula is C12H13NO5. The SMILES string of the molecule is COC(=O)C(=O)N(C)c1cc2c(cc1C)OCO2. The van der Waals surface area contributed by atoms with Crippen LogP contribution in [0.15, 0.2) is 12.1 Å². The molecule has 1 aliphatic heterocycles. The Morgan fingerprint density at radius 2 is 1.89 bits per heavy atom. The van der Waals surface area contributed by atoms with Gasteiger partial charge in [-0.1, -0.05) is 0 Å². The summed E-state index contributed by atoms with van der Waals surface area (Å²) in [6.07, 6.45) is 0. The van der Waals surface area contributed by atoms with Crippen molar-refractivity contribution in [1.82, 2.24) is 0 Å². The van der Waals surface area contributed by atoms with Gasteiger partial charge >= 0.3 is 11.9 Å². The number of aryl methyl sites for hydroxylation is 1. The van der Waals surface area contributed by atoms with Crippen LogP contribution in [-0.2, 0) is 14.3 Å². The molecule has 0 aromatic heterocycles. The molecule has 0 atom stereocenters. The minimum atomic E-state index is -0.908. The second-order valence-corrected chi connectivity index (χ2v) is 3.85. The molecule has 0 N–H and O–H groups in total. The van der Waals surface area contributed by atoms with Crippen LogP contribution in [0.1, 0.15) is 5.56 Å². The number of carbonyl (C=O) groups is 2. The van der Waals surface area contributed by atoms with Crippen molar-refractivity contribution in [1.29, 1.82) is 0 Å². The Hall–Kier alpha value is -2.24. The van der Waals surface area contributed by atoms with Crippen LogP contribution in [0.5, 0.6) is 11.5 Å². The lowest BCUT2D eigenvalue weighted by Gasteiger charge is -2.18. The topological polar surface area (TPSA) is 65.1 Å². The van der Waals surface area contributed by atoms with E-state index in [0.29, 0.717) is 17.2 Å². The van der Waals surface area contributed by atoms with E-state index in [0.717, 1.165) is 5.56 Å². The van der Waals surface area contributed by atoms with E-state index in [2.05, 4.69) is 4.74 Å². The maximum atomic E-state index is 11.7. The van der Waals surface area contributed by atoms with E-state index in [4.69, 9.17) is 9.47 Å². The summed E-state index contributed by atoms with van der Waals surface area (Å²) in [5.74, 6) is -0.454. The maximum Gasteiger partial charge on any atom is 0.397 e. The van der Waals surface area contributed by atoms with Crippen molar-refractivity contribution in [3.05, 3.63) is 17.7 Å². The number of likely N-dealkylation sites (N-methyl/N-ethyl adjacent to an activating group) is 1. The second kappa shape index (κ2) is 4.56. The molecule has 0 saturated carbocycles. The van der Waals surface area contributed by atoms with Crippen molar-refractivity contribution in [2.75, 3.05) is 25.9 Å². The molecule has 1 aromatic carbocycles. The zero-order chi connectivity index (χ0) is 13.3. The first-order valence-corrected chi connectivity index (χ1v) is 5.31. The highest BCUT2D eigenvalue weighted by Crippen LogP contribution is 2.37. The maximum absolute atomic E-state index is 11.7. The van der Waals surface area contributed by atoms with Crippen molar-refractivity contribution in [2.24, 2.45) is 0 Å². The van der Waals surface area contributed by atoms with Gasteiger partial charge in [0.05, 0.1) is 12.8 Å². The number of benzene rings is 1. The van der Waals surface area contributed by atoms with Crippen LogP contribution in [0.2, 0.25) is 0 Å². The molecule has 1 aliphatic rings. The number of nitrogens with zero attached hydrogens (tertiary/aromatic N) is 1. The van der Waals surface area contributed by atoms with Gasteiger partial charge in [-0.2, -0.15) is 0 Å². The van der Waals surface area contributed by atoms with Crippen molar-refractivity contribution >= 4 is 17.6 Å². The van der Waals surface area contributed by atoms with Crippen LogP contribution in [0, 0.1) is 6.92 Å². The van der Waals surface area contributed by atoms with Gasteiger partial charge in [0.2, 0.25) is 6.79 Å². The molecule has 0 unspecified atom stereocenters. The summed E-state index contributed by atoms with van der Waals surface area (Å²) in [6, 6.07) is 3.43. The van der Waals surface area contributed by atoms with Crippen LogP contribution < -0.4 is 14.4 Å². The molecule has 96 valence electrons. The number of hydrogen-bond acceptors (Lipinski definition) is 5. The average molecular weight is 251 g/mol. The van der Waals surface area contributed by atoms with E-state index < -0.39 is 11.9 Å². The Morgan fingerprint density at radius 3 is 2.50 bits per heavy atom. The highest BCUT2D eigenvalue weighted by molar-refractivity contribution is 6.38. The molecule has 18 heavy (non-hydrogen) atoms. The minimum absolute atomic E-state index is 0.160. The number of esters is 1. The first kappa shape index (κ1) is 12.2. The van der Waals surface area contributed by atoms with Gasteiger partial charge < -0.3 is 19.1 Å². The first-order valence-electron chi connectivity index (χ1n) is 5.31. The lowest BCUT2D eigenvalue weighted by atomic mass is 10.1. The summed E-state index contributed by atoms with van der Waals surface area (Å²) in [5, 5.41) is 0. The zero-order valence-corrected chi connectivity index (χ0v) is 10.4. The molecule has 0 bridgehead atoms. The lowest BCUT2D eigenvalue weighted by molar-refractivity contribution is -0.151. The van der Waals surface area contributed by atoms with Gasteiger partial charge in [-0.3, -0.25) is 4.79 Å². The van der Waals surface area contributed by atoms with Gasteiger partial charge in [-0.15, -0.1) is 0 Å². The first-order chi connectivity index (χ1) is 8.54. The van der Waals surface area contributed by atoms with Crippen LogP contribution in [-0.4, -0.2) is 32.8 Å². The fraction of sp³-hybridized carbons (Fsp3) is 0.333. The molecule has 6 heteroatoms. The van der Waals surface area contributed by atoms with Crippen molar-refractivity contribution in [2.45, 2.75) is 6.92 Å². The van der Waals surface area contributed by atoms with Gasteiger partial charge in [-0.25, -0.2) is 4.79 Å². The van der Waals surface area contributed by atoms with Gasteiger partial charge in [0.15, 0.2) is 11.5 Å². The predicted molar refractivity (Wildman–Crippen MR) is 62.7 cm³/mol. The predicted octanol–water partition coefficient (Wildman–Crippen LogP) is 0.860. The number of amides is 1. The monoisotopic (exact) mass is 251 g/mol. The Bertz CT molecular complexity index is 511. The van der Waals surface area contributed by atoms with Crippen LogP contribution in [0.3, 0.4) is 0 Å². The molecule has 0 spiro atoms. The van der Waals surface area contributed by atoms with Crippen LogP contribution >= 0.6 is 0 Å². The smallest absolute Gasteiger partial charge is 0.397 e. The summed E-state index contributed by atoms with van der Waals surface area (Å²) in [6.45, 7) is 1.98. The standard InChI is InChI=1S/C12H13NO5/c1-7-4-9-10(18-6-17-9)5-8(7)13(2)11(14)12(15)16-3/h4-5H,6H2,1-3H3. The second-order valence-electron chi connectivity index (χ2n) is 3.85. The summed E-state index contributed by atoms with van der Waals surface area (Å²) in [5.41, 5.74) is 1.38. The molecule has 1 aromatic rings. The summed E-state index contributed by atoms with van der Waals surface area (Å²) in [7, 11) is 2.67. The van der Waals surface area contributed by atoms with Crippen molar-refractivity contribution in [3.8, 4) is 11.5 Å². The third-order valence-corrected chi connectivity index (χ3v) is 2.72. The van der Waals surface area contributed by atoms with Gasteiger partial charge in [0.25, 0.3) is 0 Å². The molecule has 6 nitrogen and oxygen atoms in total. The van der Waals surface area contributed by atoms with E-state index >= 15 is 0 Å². The number of rotatable bonds is 1. The number of carbonyl (C=O) groups excluding carboxylic acids is 2. The highest BCUT2D eigenvalue weighted by Gasteiger charge is 2.24. The summed E-state index contributed by atoms with van der Waals surface area (Å²) < 4.78 is 14.9. The average Bonchev–Trinajstić information content (AvgIpc) is 2.82. The normalized spacial score (nSPS) is 12.2. The molecule has 1 amide bonds. The van der Waals surface area contributed by atoms with Crippen LogP contribution in [0.4, 0.5) is 5.69 Å². The number of hydrogen-bond donors (Lipinski definition) is 0. The zero-order valence-electron chi connectivity index (χ0n) is 10.4. The largest absolute Gasteiger partial charge is 0.462 e. The highest BCUT2D eigenvalue weighted by atomic mass is 16.7. The third-order valence-electron chi connectivity index (χ3n) is 2.72. The van der Waals surface area contributed by atoms with Gasteiger partial charge in [-0.05, 0) is 18.6 Å². The number of methoxy groups -OCH3 is 1. The summed E-state index contributed by atoms with van der Waals surface area (Å²) >= 11 is 0. The summed E-state index contributed by atoms with van der Waals surface area (Å²) in [4.78, 5) is 24.1. The fourth-order valence-corrected chi connectivity index (χ4v) is 1.73. The minimum Gasteiger partial charge on any atom is -0.462 e. The Morgan fingerprint density at radius 1 is 1.28 bits per heavy atom. The molecule has 0 fully saturated rings. The van der Waals surface area contributed by atoms with E-state index in [9.17, 15) is 9.59 Å². The van der Waals surface area contributed by atoms with E-state index in [1.165, 1.54) is 19.1 Å². The Labute approximate surface area is 104 Å². The van der Waals surface area contributed by atoms with Gasteiger partial charge in [0.1, 0.15) is 0 Å². The molecule has 2 rings (SSSR count). The molecular weight excluding hydrogens is 238 g/mol. The van der Waals surface area contributed by atoms with E-state index in [1.54, 1.807) is 12.1 Å². The van der Waals surface area contributed by atoms with Crippen molar-refractivity contribution < 1.29 is 23.8 Å². The van der Waals surface area contributed by atoms with E-state index in [-0.39, 0.29) is 6.79 Å². The number of anilines is 1. The quantitative estimate of drug-likeness (QED) is 0.547. The van der Waals surface area contributed by atoms with Gasteiger partial charge in [0, 0.05) is 13.1 Å². The van der Waals surface area contributed by atoms with E-state index in [1.807, 2.05) is 6.92 Å².